The van der Waals surface area contributed by atoms with Crippen LogP contribution in [0.2, 0.25) is 0 Å². The van der Waals surface area contributed by atoms with Gasteiger partial charge in [-0.25, -0.2) is 4.79 Å². The van der Waals surface area contributed by atoms with Gasteiger partial charge in [0.1, 0.15) is 5.76 Å². The maximum atomic E-state index is 15.1. The lowest BCUT2D eigenvalue weighted by atomic mass is 9.46. The minimum Gasteiger partial charge on any atom is -0.461 e. The van der Waals surface area contributed by atoms with Crippen molar-refractivity contribution >= 4 is 11.9 Å². The smallest absolute Gasteiger partial charge is 0.367 e. The van der Waals surface area contributed by atoms with Crippen molar-refractivity contribution in [2.75, 3.05) is 6.61 Å². The van der Waals surface area contributed by atoms with Gasteiger partial charge in [0.2, 0.25) is 5.83 Å². The van der Waals surface area contributed by atoms with E-state index in [1.807, 2.05) is 0 Å². The summed E-state index contributed by atoms with van der Waals surface area (Å²) in [5, 5.41) is 0. The fraction of sp³-hybridized carbons (Fsp3) is 0.704. The van der Waals surface area contributed by atoms with Crippen LogP contribution < -0.4 is 0 Å². The molecule has 0 aromatic carbocycles. The molecule has 0 bridgehead atoms. The van der Waals surface area contributed by atoms with E-state index in [1.54, 1.807) is 6.92 Å². The number of esters is 2. The number of rotatable bonds is 4. The van der Waals surface area contributed by atoms with Crippen LogP contribution in [0.1, 0.15) is 79.6 Å². The summed E-state index contributed by atoms with van der Waals surface area (Å²) in [5.74, 6) is 0.872. The predicted molar refractivity (Wildman–Crippen MR) is 121 cm³/mol. The van der Waals surface area contributed by atoms with Crippen LogP contribution in [0.15, 0.2) is 34.9 Å². The van der Waals surface area contributed by atoms with Crippen molar-refractivity contribution in [3.8, 4) is 0 Å². The highest BCUT2D eigenvalue weighted by Crippen LogP contribution is 2.67. The Morgan fingerprint density at radius 2 is 1.94 bits per heavy atom. The van der Waals surface area contributed by atoms with Crippen LogP contribution in [0.5, 0.6) is 0 Å². The molecular weight excluding hydrogens is 407 g/mol. The molecule has 176 valence electrons. The molecule has 0 aliphatic heterocycles. The summed E-state index contributed by atoms with van der Waals surface area (Å²) in [5.41, 5.74) is 1.76. The molecule has 0 saturated heterocycles. The Labute approximate surface area is 191 Å². The first-order valence-electron chi connectivity index (χ1n) is 12.3. The first-order chi connectivity index (χ1) is 15.2. The van der Waals surface area contributed by atoms with E-state index in [4.69, 9.17) is 9.47 Å². The number of halogens is 1. The summed E-state index contributed by atoms with van der Waals surface area (Å²) in [6.45, 7) is 10.2. The standard InChI is InChI=1S/C27H37FO4/c1-6-17-14-19(32-16(3)29)15-18-8-9-20-21-10-11-23(24(28)25(30)31-7-2)26(21,4)13-12-22(20)27(17,18)5/h8,15,17,20-22H,6-7,9-14H2,1-5H3/t17-,20-,21-,22-,26-,27-/m0/s1. The number of fused-ring (bicyclic) bond motifs is 5. The van der Waals surface area contributed by atoms with E-state index in [0.717, 1.165) is 44.3 Å². The first-order valence-corrected chi connectivity index (χ1v) is 12.3. The number of hydrogen-bond acceptors (Lipinski definition) is 4. The van der Waals surface area contributed by atoms with Crippen molar-refractivity contribution in [3.05, 3.63) is 34.9 Å². The lowest BCUT2D eigenvalue weighted by Crippen LogP contribution is -2.51. The van der Waals surface area contributed by atoms with Crippen molar-refractivity contribution in [1.29, 1.82) is 0 Å². The van der Waals surface area contributed by atoms with Gasteiger partial charge in [-0.1, -0.05) is 33.3 Å². The Morgan fingerprint density at radius 1 is 1.19 bits per heavy atom. The van der Waals surface area contributed by atoms with Gasteiger partial charge >= 0.3 is 11.9 Å². The second-order valence-corrected chi connectivity index (χ2v) is 10.6. The van der Waals surface area contributed by atoms with E-state index in [0.29, 0.717) is 35.7 Å². The fourth-order valence-electron chi connectivity index (χ4n) is 7.81. The topological polar surface area (TPSA) is 52.6 Å². The highest BCUT2D eigenvalue weighted by Gasteiger charge is 2.59. The minimum absolute atomic E-state index is 0.0365. The van der Waals surface area contributed by atoms with Crippen molar-refractivity contribution in [3.63, 3.8) is 0 Å². The molecular formula is C27H37FO4. The molecule has 4 aliphatic rings. The molecule has 0 radical (unpaired) electrons. The molecule has 5 heteroatoms. The van der Waals surface area contributed by atoms with Gasteiger partial charge in [-0.15, -0.1) is 0 Å². The second kappa shape index (κ2) is 8.46. The van der Waals surface area contributed by atoms with E-state index < -0.39 is 11.8 Å². The molecule has 4 rings (SSSR count). The SMILES string of the molecule is CCOC(=O)C(F)=C1CC[C@H]2[C@@H]3CC=C4C=C(OC(C)=O)C[C@H](CC)[C@]4(C)[C@H]3CC[C@]12C. The molecule has 0 heterocycles. The average Bonchev–Trinajstić information content (AvgIpc) is 3.10. The van der Waals surface area contributed by atoms with Crippen LogP contribution >= 0.6 is 0 Å². The second-order valence-electron chi connectivity index (χ2n) is 10.6. The molecule has 0 aromatic heterocycles. The van der Waals surface area contributed by atoms with Crippen molar-refractivity contribution < 1.29 is 23.5 Å². The van der Waals surface area contributed by atoms with Crippen LogP contribution in [-0.4, -0.2) is 18.5 Å². The van der Waals surface area contributed by atoms with Crippen LogP contribution in [0.3, 0.4) is 0 Å². The first kappa shape index (κ1) is 23.3. The zero-order valence-corrected chi connectivity index (χ0v) is 20.1. The molecule has 2 fully saturated rings. The summed E-state index contributed by atoms with van der Waals surface area (Å²) in [6.07, 6.45) is 10.8. The van der Waals surface area contributed by atoms with Gasteiger partial charge in [0, 0.05) is 13.3 Å². The molecule has 0 spiro atoms. The Morgan fingerprint density at radius 3 is 2.59 bits per heavy atom. The van der Waals surface area contributed by atoms with E-state index >= 15 is 4.39 Å². The van der Waals surface area contributed by atoms with E-state index in [-0.39, 0.29) is 23.4 Å². The fourth-order valence-corrected chi connectivity index (χ4v) is 7.81. The highest BCUT2D eigenvalue weighted by molar-refractivity contribution is 5.87. The van der Waals surface area contributed by atoms with Gasteiger partial charge in [-0.05, 0) is 90.8 Å². The van der Waals surface area contributed by atoms with Gasteiger partial charge in [-0.3, -0.25) is 4.79 Å². The number of ether oxygens (including phenoxy) is 2. The third-order valence-electron chi connectivity index (χ3n) is 9.32. The predicted octanol–water partition coefficient (Wildman–Crippen LogP) is 6.43. The summed E-state index contributed by atoms with van der Waals surface area (Å²) >= 11 is 0. The minimum atomic E-state index is -0.800. The molecule has 0 aromatic rings. The van der Waals surface area contributed by atoms with E-state index in [1.165, 1.54) is 12.5 Å². The maximum Gasteiger partial charge on any atom is 0.367 e. The highest BCUT2D eigenvalue weighted by atomic mass is 19.1. The largest absolute Gasteiger partial charge is 0.461 e. The Balaban J connectivity index is 1.68. The number of carbonyl (C=O) groups excluding carboxylic acids is 2. The summed E-state index contributed by atoms with van der Waals surface area (Å²) in [4.78, 5) is 23.7. The average molecular weight is 445 g/mol. The van der Waals surface area contributed by atoms with Crippen LogP contribution in [0.4, 0.5) is 4.39 Å². The Kier molecular flexibility index (Phi) is 6.15. The number of allylic oxidation sites excluding steroid dienone is 5. The zero-order valence-electron chi connectivity index (χ0n) is 20.1. The third-order valence-corrected chi connectivity index (χ3v) is 9.32. The summed E-state index contributed by atoms with van der Waals surface area (Å²) in [7, 11) is 0. The van der Waals surface area contributed by atoms with Crippen LogP contribution in [0.25, 0.3) is 0 Å². The lowest BCUT2D eigenvalue weighted by molar-refractivity contribution is -0.140. The molecule has 0 N–H and O–H groups in total. The van der Waals surface area contributed by atoms with Gasteiger partial charge < -0.3 is 9.47 Å². The maximum absolute atomic E-state index is 15.1. The lowest BCUT2D eigenvalue weighted by Gasteiger charge is -2.58. The molecule has 6 atom stereocenters. The summed E-state index contributed by atoms with van der Waals surface area (Å²) < 4.78 is 25.6. The molecule has 4 aliphatic carbocycles. The van der Waals surface area contributed by atoms with Gasteiger partial charge in [0.15, 0.2) is 0 Å². The normalized spacial score (nSPS) is 39.7. The Hall–Kier alpha value is -1.91. The zero-order chi connectivity index (χ0) is 23.3. The molecule has 0 amide bonds. The number of carbonyl (C=O) groups is 2. The van der Waals surface area contributed by atoms with Gasteiger partial charge in [-0.2, -0.15) is 4.39 Å². The quantitative estimate of drug-likeness (QED) is 0.370. The van der Waals surface area contributed by atoms with Crippen molar-refractivity contribution in [2.45, 2.75) is 79.6 Å². The third kappa shape index (κ3) is 3.47. The van der Waals surface area contributed by atoms with Crippen molar-refractivity contribution in [1.82, 2.24) is 0 Å². The Bertz CT molecular complexity index is 899. The van der Waals surface area contributed by atoms with E-state index in [2.05, 4.69) is 32.9 Å². The molecule has 0 unspecified atom stereocenters. The van der Waals surface area contributed by atoms with E-state index in [9.17, 15) is 9.59 Å². The molecule has 2 saturated carbocycles. The van der Waals surface area contributed by atoms with Crippen LogP contribution in [-0.2, 0) is 19.1 Å². The van der Waals surface area contributed by atoms with Gasteiger partial charge in [0.25, 0.3) is 0 Å². The molecule has 4 nitrogen and oxygen atoms in total. The van der Waals surface area contributed by atoms with Gasteiger partial charge in [0.05, 0.1) is 6.61 Å². The summed E-state index contributed by atoms with van der Waals surface area (Å²) in [6, 6.07) is 0. The number of hydrogen-bond donors (Lipinski definition) is 0. The molecule has 32 heavy (non-hydrogen) atoms. The van der Waals surface area contributed by atoms with Crippen LogP contribution in [0, 0.1) is 34.5 Å². The monoisotopic (exact) mass is 444 g/mol. The van der Waals surface area contributed by atoms with Crippen molar-refractivity contribution in [2.24, 2.45) is 34.5 Å².